The van der Waals surface area contributed by atoms with E-state index in [1.165, 1.54) is 10.8 Å². The number of ether oxygens (including phenoxy) is 2. The molecular formula is C26H21ClN4O4. The van der Waals surface area contributed by atoms with Crippen LogP contribution in [0.15, 0.2) is 48.8 Å². The molecule has 176 valence electrons. The molecule has 2 aliphatic heterocycles. The number of hydrogen-bond acceptors (Lipinski definition) is 7. The molecule has 0 aliphatic carbocycles. The SMILES string of the molecule is C[C@]12CC[C@](CCOc3ccc(Cl)cn3)(O1)c1c2c(O)n(-c2ccc(C#N)c3ncccc23)c1O. The van der Waals surface area contributed by atoms with Crippen LogP contribution in [-0.4, -0.2) is 31.4 Å². The Bertz CT molecular complexity index is 1530. The number of pyridine rings is 2. The Hall–Kier alpha value is -3.80. The summed E-state index contributed by atoms with van der Waals surface area (Å²) < 4.78 is 13.7. The first-order valence-electron chi connectivity index (χ1n) is 11.3. The van der Waals surface area contributed by atoms with Gasteiger partial charge in [0.1, 0.15) is 11.7 Å². The van der Waals surface area contributed by atoms with E-state index in [-0.39, 0.29) is 11.8 Å². The van der Waals surface area contributed by atoms with Crippen LogP contribution in [-0.2, 0) is 15.9 Å². The van der Waals surface area contributed by atoms with E-state index < -0.39 is 11.2 Å². The Labute approximate surface area is 206 Å². The predicted octanol–water partition coefficient (Wildman–Crippen LogP) is 5.06. The molecule has 2 N–H and O–H groups in total. The number of benzene rings is 1. The van der Waals surface area contributed by atoms with Crippen molar-refractivity contribution in [1.29, 1.82) is 5.26 Å². The van der Waals surface area contributed by atoms with Gasteiger partial charge in [-0.15, -0.1) is 0 Å². The molecule has 6 rings (SSSR count). The number of halogens is 1. The molecule has 0 spiro atoms. The highest BCUT2D eigenvalue weighted by atomic mass is 35.5. The molecule has 1 saturated heterocycles. The smallest absolute Gasteiger partial charge is 0.213 e. The van der Waals surface area contributed by atoms with Crippen molar-refractivity contribution in [3.63, 3.8) is 0 Å². The zero-order chi connectivity index (χ0) is 24.4. The monoisotopic (exact) mass is 488 g/mol. The van der Waals surface area contributed by atoms with Gasteiger partial charge in [-0.3, -0.25) is 9.55 Å². The number of hydrogen-bond donors (Lipinski definition) is 2. The lowest BCUT2D eigenvalue weighted by atomic mass is 9.78. The summed E-state index contributed by atoms with van der Waals surface area (Å²) in [5.74, 6) is 0.295. The molecule has 1 aromatic carbocycles. The topological polar surface area (TPSA) is 113 Å². The van der Waals surface area contributed by atoms with Crippen LogP contribution >= 0.6 is 11.6 Å². The Morgan fingerprint density at radius 1 is 1.14 bits per heavy atom. The molecule has 0 radical (unpaired) electrons. The molecular weight excluding hydrogens is 468 g/mol. The molecule has 0 unspecified atom stereocenters. The second-order valence-corrected chi connectivity index (χ2v) is 9.55. The van der Waals surface area contributed by atoms with E-state index in [9.17, 15) is 15.5 Å². The molecule has 5 heterocycles. The number of aromatic hydroxyl groups is 2. The number of nitriles is 1. The fourth-order valence-electron chi connectivity index (χ4n) is 5.55. The third kappa shape index (κ3) is 3.09. The van der Waals surface area contributed by atoms with Crippen molar-refractivity contribution in [1.82, 2.24) is 14.5 Å². The Morgan fingerprint density at radius 3 is 2.74 bits per heavy atom. The average molecular weight is 489 g/mol. The summed E-state index contributed by atoms with van der Waals surface area (Å²) in [7, 11) is 0. The lowest BCUT2D eigenvalue weighted by Crippen LogP contribution is -2.25. The van der Waals surface area contributed by atoms with Crippen LogP contribution in [0, 0.1) is 11.3 Å². The molecule has 4 aromatic rings. The van der Waals surface area contributed by atoms with Crippen LogP contribution in [0.5, 0.6) is 17.6 Å². The normalized spacial score (nSPS) is 22.3. The summed E-state index contributed by atoms with van der Waals surface area (Å²) in [6.45, 7) is 2.24. The molecule has 2 atom stereocenters. The van der Waals surface area contributed by atoms with Crippen molar-refractivity contribution in [3.8, 4) is 29.4 Å². The molecule has 35 heavy (non-hydrogen) atoms. The minimum atomic E-state index is -0.802. The van der Waals surface area contributed by atoms with Gasteiger partial charge in [0.2, 0.25) is 17.6 Å². The summed E-state index contributed by atoms with van der Waals surface area (Å²) in [4.78, 5) is 8.51. The second kappa shape index (κ2) is 7.60. The zero-order valence-electron chi connectivity index (χ0n) is 18.8. The van der Waals surface area contributed by atoms with Crippen LogP contribution in [0.25, 0.3) is 16.6 Å². The summed E-state index contributed by atoms with van der Waals surface area (Å²) in [5, 5.41) is 33.5. The van der Waals surface area contributed by atoms with Crippen molar-refractivity contribution in [2.45, 2.75) is 37.4 Å². The van der Waals surface area contributed by atoms with E-state index in [0.717, 1.165) is 0 Å². The van der Waals surface area contributed by atoms with Crippen molar-refractivity contribution in [3.05, 3.63) is 70.5 Å². The van der Waals surface area contributed by atoms with Crippen molar-refractivity contribution >= 4 is 22.5 Å². The van der Waals surface area contributed by atoms with Crippen LogP contribution in [0.3, 0.4) is 0 Å². The summed E-state index contributed by atoms with van der Waals surface area (Å²) >= 11 is 5.90. The lowest BCUT2D eigenvalue weighted by molar-refractivity contribution is -0.0877. The van der Waals surface area contributed by atoms with Gasteiger partial charge >= 0.3 is 0 Å². The van der Waals surface area contributed by atoms with Crippen molar-refractivity contribution in [2.24, 2.45) is 0 Å². The standard InChI is InChI=1S/C26H21ClN4O4/c1-25-8-9-26(35-25,10-12-34-19-7-5-16(27)14-30-19)21-20(25)23(32)31(24(21)33)18-6-4-15(13-28)22-17(18)3-2-11-29-22/h2-7,11,14,32-33H,8-10,12H2,1H3/t25-,26-/m1/s1. The fraction of sp³-hybridized carbons (Fsp3) is 0.269. The first kappa shape index (κ1) is 21.7. The van der Waals surface area contributed by atoms with Gasteiger partial charge in [-0.2, -0.15) is 5.26 Å². The Balaban J connectivity index is 1.43. The van der Waals surface area contributed by atoms with Crippen LogP contribution in [0.4, 0.5) is 0 Å². The van der Waals surface area contributed by atoms with E-state index >= 15 is 0 Å². The van der Waals surface area contributed by atoms with E-state index in [2.05, 4.69) is 16.0 Å². The van der Waals surface area contributed by atoms with Gasteiger partial charge < -0.3 is 19.7 Å². The van der Waals surface area contributed by atoms with Crippen LogP contribution < -0.4 is 4.74 Å². The maximum absolute atomic E-state index is 11.5. The number of aromatic nitrogens is 3. The summed E-state index contributed by atoms with van der Waals surface area (Å²) in [5.41, 5.74) is 1.10. The Kier molecular flexibility index (Phi) is 4.72. The minimum absolute atomic E-state index is 0.0725. The molecule has 0 saturated carbocycles. The number of rotatable bonds is 5. The van der Waals surface area contributed by atoms with Crippen molar-refractivity contribution in [2.75, 3.05) is 6.61 Å². The van der Waals surface area contributed by atoms with Crippen LogP contribution in [0.1, 0.15) is 42.9 Å². The zero-order valence-corrected chi connectivity index (χ0v) is 19.6. The Morgan fingerprint density at radius 2 is 1.97 bits per heavy atom. The maximum Gasteiger partial charge on any atom is 0.213 e. The summed E-state index contributed by atoms with van der Waals surface area (Å²) in [6, 6.07) is 12.5. The van der Waals surface area contributed by atoms with Gasteiger partial charge in [0.25, 0.3) is 0 Å². The van der Waals surface area contributed by atoms with Gasteiger partial charge in [0.15, 0.2) is 0 Å². The fourth-order valence-corrected chi connectivity index (χ4v) is 5.66. The summed E-state index contributed by atoms with van der Waals surface area (Å²) in [6.07, 6.45) is 4.98. The largest absolute Gasteiger partial charge is 0.494 e. The molecule has 3 aromatic heterocycles. The number of fused-ring (bicyclic) bond motifs is 6. The second-order valence-electron chi connectivity index (χ2n) is 9.12. The van der Waals surface area contributed by atoms with E-state index in [1.54, 1.807) is 36.5 Å². The third-order valence-electron chi connectivity index (χ3n) is 7.10. The molecule has 2 bridgehead atoms. The molecule has 2 aliphatic rings. The lowest BCUT2D eigenvalue weighted by Gasteiger charge is -2.26. The molecule has 9 heteroatoms. The van der Waals surface area contributed by atoms with Gasteiger partial charge in [-0.25, -0.2) is 4.98 Å². The first-order valence-corrected chi connectivity index (χ1v) is 11.6. The third-order valence-corrected chi connectivity index (χ3v) is 7.32. The van der Waals surface area contributed by atoms with E-state index in [0.29, 0.717) is 70.1 Å². The van der Waals surface area contributed by atoms with Gasteiger partial charge in [-0.1, -0.05) is 11.6 Å². The van der Waals surface area contributed by atoms with Crippen LogP contribution in [0.2, 0.25) is 5.02 Å². The molecule has 1 fully saturated rings. The maximum atomic E-state index is 11.5. The average Bonchev–Trinajstić information content (AvgIpc) is 3.44. The highest BCUT2D eigenvalue weighted by molar-refractivity contribution is 6.30. The van der Waals surface area contributed by atoms with E-state index in [4.69, 9.17) is 21.1 Å². The van der Waals surface area contributed by atoms with Gasteiger partial charge in [0, 0.05) is 30.3 Å². The highest BCUT2D eigenvalue weighted by Crippen LogP contribution is 2.65. The number of nitrogens with zero attached hydrogens (tertiary/aromatic N) is 4. The first-order chi connectivity index (χ1) is 16.9. The molecule has 8 nitrogen and oxygen atoms in total. The quantitative estimate of drug-likeness (QED) is 0.403. The van der Waals surface area contributed by atoms with Gasteiger partial charge in [0.05, 0.1) is 45.1 Å². The van der Waals surface area contributed by atoms with E-state index in [1.807, 2.05) is 13.0 Å². The predicted molar refractivity (Wildman–Crippen MR) is 128 cm³/mol. The van der Waals surface area contributed by atoms with Gasteiger partial charge in [-0.05, 0) is 50.1 Å². The van der Waals surface area contributed by atoms with Crippen molar-refractivity contribution < 1.29 is 19.7 Å². The molecule has 0 amide bonds. The highest BCUT2D eigenvalue weighted by Gasteiger charge is 2.61. The minimum Gasteiger partial charge on any atom is -0.494 e.